The molecule has 78 valence electrons. The molecule has 4 heteroatoms. The van der Waals surface area contributed by atoms with Crippen molar-refractivity contribution in [3.8, 4) is 5.75 Å². The number of ether oxygens (including phenoxy) is 1. The second kappa shape index (κ2) is 4.28. The zero-order valence-electron chi connectivity index (χ0n) is 8.25. The van der Waals surface area contributed by atoms with E-state index in [1.54, 1.807) is 13.8 Å². The van der Waals surface area contributed by atoms with Crippen LogP contribution in [0.2, 0.25) is 0 Å². The molecule has 0 bridgehead atoms. The lowest BCUT2D eigenvalue weighted by Crippen LogP contribution is -2.13. The Kier molecular flexibility index (Phi) is 3.30. The number of aryl methyl sites for hydroxylation is 1. The van der Waals surface area contributed by atoms with E-state index in [-0.39, 0.29) is 12.4 Å². The molecular weight excluding hydrogens is 185 g/mol. The second-order valence-electron chi connectivity index (χ2n) is 3.30. The Bertz CT molecular complexity index is 326. The van der Waals surface area contributed by atoms with E-state index in [1.165, 1.54) is 12.1 Å². The van der Waals surface area contributed by atoms with Gasteiger partial charge in [0.1, 0.15) is 6.61 Å². The summed E-state index contributed by atoms with van der Waals surface area (Å²) >= 11 is 0. The zero-order chi connectivity index (χ0) is 10.7. The molecule has 1 rings (SSSR count). The van der Waals surface area contributed by atoms with Crippen molar-refractivity contribution in [3.63, 3.8) is 0 Å². The van der Waals surface area contributed by atoms with Crippen LogP contribution in [0, 0.1) is 12.7 Å². The molecule has 1 aromatic rings. The Morgan fingerprint density at radius 3 is 2.79 bits per heavy atom. The van der Waals surface area contributed by atoms with Crippen LogP contribution >= 0.6 is 0 Å². The Morgan fingerprint density at radius 2 is 2.21 bits per heavy atom. The van der Waals surface area contributed by atoms with E-state index in [2.05, 4.69) is 0 Å². The fourth-order valence-corrected chi connectivity index (χ4v) is 0.991. The number of hydrogen-bond donors (Lipinski definition) is 2. The van der Waals surface area contributed by atoms with Gasteiger partial charge in [0.05, 0.1) is 6.10 Å². The smallest absolute Gasteiger partial charge is 0.167 e. The van der Waals surface area contributed by atoms with Gasteiger partial charge in [0, 0.05) is 11.8 Å². The second-order valence-corrected chi connectivity index (χ2v) is 3.30. The van der Waals surface area contributed by atoms with Gasteiger partial charge in [0.15, 0.2) is 11.6 Å². The number of aliphatic hydroxyl groups is 1. The molecule has 0 heterocycles. The minimum Gasteiger partial charge on any atom is -0.488 e. The van der Waals surface area contributed by atoms with E-state index in [4.69, 9.17) is 15.6 Å². The molecule has 0 radical (unpaired) electrons. The van der Waals surface area contributed by atoms with E-state index in [1.807, 2.05) is 0 Å². The van der Waals surface area contributed by atoms with E-state index in [0.717, 1.165) is 5.56 Å². The monoisotopic (exact) mass is 199 g/mol. The normalized spacial score (nSPS) is 12.6. The van der Waals surface area contributed by atoms with Gasteiger partial charge in [-0.15, -0.1) is 0 Å². The van der Waals surface area contributed by atoms with E-state index in [9.17, 15) is 4.39 Å². The van der Waals surface area contributed by atoms with Crippen molar-refractivity contribution in [2.24, 2.45) is 0 Å². The van der Waals surface area contributed by atoms with Crippen LogP contribution < -0.4 is 10.5 Å². The molecular formula is C10H14FNO2. The predicted molar refractivity (Wildman–Crippen MR) is 52.7 cm³/mol. The van der Waals surface area contributed by atoms with Gasteiger partial charge in [-0.1, -0.05) is 0 Å². The summed E-state index contributed by atoms with van der Waals surface area (Å²) in [6.45, 7) is 3.41. The number of hydrogen-bond acceptors (Lipinski definition) is 3. The fraction of sp³-hybridized carbons (Fsp3) is 0.400. The molecule has 1 atom stereocenters. The maximum absolute atomic E-state index is 13.2. The first-order valence-electron chi connectivity index (χ1n) is 4.37. The molecule has 0 aliphatic heterocycles. The van der Waals surface area contributed by atoms with Gasteiger partial charge in [-0.25, -0.2) is 4.39 Å². The summed E-state index contributed by atoms with van der Waals surface area (Å²) in [6, 6.07) is 2.74. The van der Waals surface area contributed by atoms with Crippen LogP contribution in [-0.2, 0) is 0 Å². The number of aliphatic hydroxyl groups excluding tert-OH is 1. The van der Waals surface area contributed by atoms with Crippen molar-refractivity contribution in [2.75, 3.05) is 12.3 Å². The number of halogens is 1. The largest absolute Gasteiger partial charge is 0.488 e. The van der Waals surface area contributed by atoms with E-state index in [0.29, 0.717) is 5.69 Å². The Hall–Kier alpha value is -1.29. The SMILES string of the molecule is Cc1cc(OCC(C)O)c(F)cc1N. The first-order chi connectivity index (χ1) is 6.50. The molecule has 0 saturated heterocycles. The molecule has 3 nitrogen and oxygen atoms in total. The lowest BCUT2D eigenvalue weighted by molar-refractivity contribution is 0.120. The highest BCUT2D eigenvalue weighted by atomic mass is 19.1. The summed E-state index contributed by atoms with van der Waals surface area (Å²) in [5.74, 6) is -0.383. The summed E-state index contributed by atoms with van der Waals surface area (Å²) in [4.78, 5) is 0. The van der Waals surface area contributed by atoms with Crippen LogP contribution in [0.3, 0.4) is 0 Å². The molecule has 1 unspecified atom stereocenters. The van der Waals surface area contributed by atoms with Gasteiger partial charge >= 0.3 is 0 Å². The molecule has 0 aliphatic carbocycles. The molecule has 1 aromatic carbocycles. The van der Waals surface area contributed by atoms with Gasteiger partial charge < -0.3 is 15.6 Å². The van der Waals surface area contributed by atoms with Crippen molar-refractivity contribution >= 4 is 5.69 Å². The molecule has 0 fully saturated rings. The molecule has 0 aromatic heterocycles. The third-order valence-electron chi connectivity index (χ3n) is 1.80. The molecule has 3 N–H and O–H groups in total. The fourth-order valence-electron chi connectivity index (χ4n) is 0.991. The lowest BCUT2D eigenvalue weighted by atomic mass is 10.2. The Labute approximate surface area is 82.3 Å². The van der Waals surface area contributed by atoms with Crippen molar-refractivity contribution in [1.29, 1.82) is 0 Å². The topological polar surface area (TPSA) is 55.5 Å². The van der Waals surface area contributed by atoms with E-state index >= 15 is 0 Å². The number of nitrogens with two attached hydrogens (primary N) is 1. The molecule has 0 amide bonds. The molecule has 0 aliphatic rings. The minimum atomic E-state index is -0.618. The van der Waals surface area contributed by atoms with Crippen LogP contribution in [0.5, 0.6) is 5.75 Å². The lowest BCUT2D eigenvalue weighted by Gasteiger charge is -2.10. The number of benzene rings is 1. The van der Waals surface area contributed by atoms with Crippen LogP contribution in [0.4, 0.5) is 10.1 Å². The molecule has 0 spiro atoms. The minimum absolute atomic E-state index is 0.0697. The van der Waals surface area contributed by atoms with Gasteiger partial charge in [-0.3, -0.25) is 0 Å². The van der Waals surface area contributed by atoms with Crippen LogP contribution in [-0.4, -0.2) is 17.8 Å². The quantitative estimate of drug-likeness (QED) is 0.725. The van der Waals surface area contributed by atoms with Crippen LogP contribution in [0.15, 0.2) is 12.1 Å². The van der Waals surface area contributed by atoms with Crippen LogP contribution in [0.25, 0.3) is 0 Å². The van der Waals surface area contributed by atoms with Crippen molar-refractivity contribution < 1.29 is 14.2 Å². The van der Waals surface area contributed by atoms with Gasteiger partial charge in [-0.05, 0) is 25.5 Å². The van der Waals surface area contributed by atoms with Crippen LogP contribution in [0.1, 0.15) is 12.5 Å². The van der Waals surface area contributed by atoms with E-state index < -0.39 is 11.9 Å². The first kappa shape index (κ1) is 10.8. The van der Waals surface area contributed by atoms with Gasteiger partial charge in [0.25, 0.3) is 0 Å². The standard InChI is InChI=1S/C10H14FNO2/c1-6-3-10(14-5-7(2)13)8(11)4-9(6)12/h3-4,7,13H,5,12H2,1-2H3. The summed E-state index contributed by atoms with van der Waals surface area (Å²) in [5.41, 5.74) is 6.65. The molecule has 0 saturated carbocycles. The van der Waals surface area contributed by atoms with Crippen molar-refractivity contribution in [3.05, 3.63) is 23.5 Å². The number of anilines is 1. The summed E-state index contributed by atoms with van der Waals surface area (Å²) in [7, 11) is 0. The number of rotatable bonds is 3. The zero-order valence-corrected chi connectivity index (χ0v) is 8.25. The summed E-state index contributed by atoms with van der Waals surface area (Å²) < 4.78 is 18.2. The third kappa shape index (κ3) is 2.60. The highest BCUT2D eigenvalue weighted by Crippen LogP contribution is 2.23. The summed E-state index contributed by atoms with van der Waals surface area (Å²) in [5, 5.41) is 8.96. The Morgan fingerprint density at radius 1 is 1.57 bits per heavy atom. The average molecular weight is 199 g/mol. The third-order valence-corrected chi connectivity index (χ3v) is 1.80. The van der Waals surface area contributed by atoms with Crippen molar-refractivity contribution in [1.82, 2.24) is 0 Å². The van der Waals surface area contributed by atoms with Crippen molar-refractivity contribution in [2.45, 2.75) is 20.0 Å². The Balaban J connectivity index is 2.82. The first-order valence-corrected chi connectivity index (χ1v) is 4.37. The molecule has 14 heavy (non-hydrogen) atoms. The maximum Gasteiger partial charge on any atom is 0.167 e. The predicted octanol–water partition coefficient (Wildman–Crippen LogP) is 1.48. The highest BCUT2D eigenvalue weighted by Gasteiger charge is 2.07. The van der Waals surface area contributed by atoms with Gasteiger partial charge in [0.2, 0.25) is 0 Å². The summed E-state index contributed by atoms with van der Waals surface area (Å²) in [6.07, 6.45) is -0.618. The maximum atomic E-state index is 13.2. The average Bonchev–Trinajstić information content (AvgIpc) is 2.09. The highest BCUT2D eigenvalue weighted by molar-refractivity contribution is 5.50. The van der Waals surface area contributed by atoms with Gasteiger partial charge in [-0.2, -0.15) is 0 Å². The number of nitrogen functional groups attached to an aromatic ring is 1.